The molecule has 6 nitrogen and oxygen atoms in total. The lowest BCUT2D eigenvalue weighted by Gasteiger charge is -2.16. The monoisotopic (exact) mass is 471 g/mol. The molecular weight excluding hydrogens is 446 g/mol. The summed E-state index contributed by atoms with van der Waals surface area (Å²) in [7, 11) is 1.98. The number of amides is 1. The maximum absolute atomic E-state index is 12.2. The summed E-state index contributed by atoms with van der Waals surface area (Å²) >= 11 is 1.58. The molecule has 172 valence electrons. The van der Waals surface area contributed by atoms with Gasteiger partial charge in [0.25, 0.3) is 5.91 Å². The zero-order chi connectivity index (χ0) is 24.1. The van der Waals surface area contributed by atoms with Crippen molar-refractivity contribution in [3.8, 4) is 22.4 Å². The largest absolute Gasteiger partial charge is 0.480 e. The van der Waals surface area contributed by atoms with Gasteiger partial charge in [0.1, 0.15) is 6.04 Å². The summed E-state index contributed by atoms with van der Waals surface area (Å²) in [6, 6.07) is 24.9. The molecule has 7 heteroatoms. The molecule has 0 aliphatic carbocycles. The van der Waals surface area contributed by atoms with Gasteiger partial charge in [-0.3, -0.25) is 9.59 Å². The highest BCUT2D eigenvalue weighted by Gasteiger charge is 2.15. The fourth-order valence-corrected chi connectivity index (χ4v) is 4.28. The van der Waals surface area contributed by atoms with Crippen LogP contribution in [0.1, 0.15) is 22.8 Å². The standard InChI is InChI=1S/C27H25N3O3S/c1-18(26(32)33)28-25(31)23-10-8-19(9-11-23)16-30(2)27-29-24(17-34-27)22-14-12-21(13-15-22)20-6-4-3-5-7-20/h3-15,17-18H,16H2,1-2H3,(H,28,31)(H,32,33). The van der Waals surface area contributed by atoms with Crippen LogP contribution in [0.15, 0.2) is 84.2 Å². The fourth-order valence-electron chi connectivity index (χ4n) is 3.48. The van der Waals surface area contributed by atoms with Crippen LogP contribution in [0.4, 0.5) is 5.13 Å². The van der Waals surface area contributed by atoms with Gasteiger partial charge in [-0.25, -0.2) is 4.98 Å². The summed E-state index contributed by atoms with van der Waals surface area (Å²) in [5, 5.41) is 14.4. The fraction of sp³-hybridized carbons (Fsp3) is 0.148. The smallest absolute Gasteiger partial charge is 0.325 e. The van der Waals surface area contributed by atoms with Crippen LogP contribution < -0.4 is 10.2 Å². The van der Waals surface area contributed by atoms with E-state index in [0.717, 1.165) is 22.0 Å². The van der Waals surface area contributed by atoms with Crippen molar-refractivity contribution in [2.45, 2.75) is 19.5 Å². The molecule has 4 aromatic rings. The first-order chi connectivity index (χ1) is 16.4. The summed E-state index contributed by atoms with van der Waals surface area (Å²) in [6.07, 6.45) is 0. The molecule has 0 aliphatic heterocycles. The molecule has 0 saturated heterocycles. The van der Waals surface area contributed by atoms with Gasteiger partial charge in [-0.1, -0.05) is 66.7 Å². The summed E-state index contributed by atoms with van der Waals surface area (Å²) in [5.74, 6) is -1.47. The van der Waals surface area contributed by atoms with Crippen LogP contribution in [-0.2, 0) is 11.3 Å². The van der Waals surface area contributed by atoms with Crippen molar-refractivity contribution >= 4 is 28.3 Å². The average Bonchev–Trinajstić information content (AvgIpc) is 3.35. The minimum absolute atomic E-state index is 0.405. The van der Waals surface area contributed by atoms with E-state index in [1.165, 1.54) is 18.1 Å². The van der Waals surface area contributed by atoms with E-state index in [1.807, 2.05) is 37.4 Å². The van der Waals surface area contributed by atoms with E-state index in [9.17, 15) is 9.59 Å². The molecular formula is C27H25N3O3S. The number of aromatic nitrogens is 1. The summed E-state index contributed by atoms with van der Waals surface area (Å²) in [6.45, 7) is 2.07. The molecule has 1 heterocycles. The minimum Gasteiger partial charge on any atom is -0.480 e. The SMILES string of the molecule is CC(NC(=O)c1ccc(CN(C)c2nc(-c3ccc(-c4ccccc4)cc3)cs2)cc1)C(=O)O. The van der Waals surface area contributed by atoms with Crippen molar-refractivity contribution in [1.82, 2.24) is 10.3 Å². The van der Waals surface area contributed by atoms with Crippen molar-refractivity contribution in [2.75, 3.05) is 11.9 Å². The Morgan fingerprint density at radius 1 is 0.941 bits per heavy atom. The Bertz CT molecular complexity index is 1270. The zero-order valence-corrected chi connectivity index (χ0v) is 19.8. The number of benzene rings is 3. The molecule has 2 N–H and O–H groups in total. The molecule has 0 radical (unpaired) electrons. The van der Waals surface area contributed by atoms with E-state index in [1.54, 1.807) is 23.5 Å². The van der Waals surface area contributed by atoms with Gasteiger partial charge < -0.3 is 15.3 Å². The maximum Gasteiger partial charge on any atom is 0.325 e. The quantitative estimate of drug-likeness (QED) is 0.364. The van der Waals surface area contributed by atoms with Gasteiger partial charge >= 0.3 is 5.97 Å². The van der Waals surface area contributed by atoms with Gasteiger partial charge in [0.05, 0.1) is 5.69 Å². The highest BCUT2D eigenvalue weighted by molar-refractivity contribution is 7.14. The number of aliphatic carboxylic acids is 1. The summed E-state index contributed by atoms with van der Waals surface area (Å²) in [5.41, 5.74) is 5.82. The molecule has 1 aromatic heterocycles. The van der Waals surface area contributed by atoms with E-state index in [2.05, 4.69) is 52.0 Å². The first-order valence-electron chi connectivity index (χ1n) is 10.9. The molecule has 1 atom stereocenters. The van der Waals surface area contributed by atoms with Crippen LogP contribution in [0.25, 0.3) is 22.4 Å². The van der Waals surface area contributed by atoms with Gasteiger partial charge in [0, 0.05) is 30.1 Å². The molecule has 0 fully saturated rings. The Kier molecular flexibility index (Phi) is 7.04. The highest BCUT2D eigenvalue weighted by atomic mass is 32.1. The third kappa shape index (κ3) is 5.50. The zero-order valence-electron chi connectivity index (χ0n) is 18.9. The van der Waals surface area contributed by atoms with Gasteiger partial charge in [-0.2, -0.15) is 0 Å². The number of rotatable bonds is 8. The van der Waals surface area contributed by atoms with Gasteiger partial charge in [-0.05, 0) is 35.7 Å². The molecule has 3 aromatic carbocycles. The lowest BCUT2D eigenvalue weighted by atomic mass is 10.0. The van der Waals surface area contributed by atoms with Crippen LogP contribution in [0.3, 0.4) is 0 Å². The summed E-state index contributed by atoms with van der Waals surface area (Å²) < 4.78 is 0. The number of thiazole rings is 1. The number of hydrogen-bond acceptors (Lipinski definition) is 5. The molecule has 1 unspecified atom stereocenters. The molecule has 0 spiro atoms. The Morgan fingerprint density at radius 3 is 2.21 bits per heavy atom. The van der Waals surface area contributed by atoms with Crippen molar-refractivity contribution in [1.29, 1.82) is 0 Å². The van der Waals surface area contributed by atoms with Gasteiger partial charge in [-0.15, -0.1) is 11.3 Å². The highest BCUT2D eigenvalue weighted by Crippen LogP contribution is 2.29. The van der Waals surface area contributed by atoms with E-state index in [0.29, 0.717) is 12.1 Å². The second-order valence-corrected chi connectivity index (χ2v) is 8.88. The number of carboxylic acid groups (broad SMARTS) is 1. The van der Waals surface area contributed by atoms with Gasteiger partial charge in [0.15, 0.2) is 5.13 Å². The number of anilines is 1. The maximum atomic E-state index is 12.2. The molecule has 0 aliphatic rings. The number of hydrogen-bond donors (Lipinski definition) is 2. The Hall–Kier alpha value is -3.97. The molecule has 1 amide bonds. The van der Waals surface area contributed by atoms with E-state index in [-0.39, 0.29) is 0 Å². The van der Waals surface area contributed by atoms with Crippen molar-refractivity contribution in [3.05, 3.63) is 95.4 Å². The van der Waals surface area contributed by atoms with Crippen LogP contribution in [0.5, 0.6) is 0 Å². The number of carbonyl (C=O) groups is 2. The van der Waals surface area contributed by atoms with Crippen LogP contribution in [-0.4, -0.2) is 35.1 Å². The van der Waals surface area contributed by atoms with Crippen molar-refractivity contribution < 1.29 is 14.7 Å². The predicted molar refractivity (Wildman–Crippen MR) is 136 cm³/mol. The molecule has 0 saturated carbocycles. The normalized spacial score (nSPS) is 11.6. The van der Waals surface area contributed by atoms with Crippen LogP contribution >= 0.6 is 11.3 Å². The first kappa shape index (κ1) is 23.2. The van der Waals surface area contributed by atoms with Crippen molar-refractivity contribution in [3.63, 3.8) is 0 Å². The summed E-state index contributed by atoms with van der Waals surface area (Å²) in [4.78, 5) is 29.9. The first-order valence-corrected chi connectivity index (χ1v) is 11.7. The second kappa shape index (κ2) is 10.3. The number of nitrogens with one attached hydrogen (secondary N) is 1. The lowest BCUT2D eigenvalue weighted by Crippen LogP contribution is -2.38. The van der Waals surface area contributed by atoms with Gasteiger partial charge in [0.2, 0.25) is 0 Å². The lowest BCUT2D eigenvalue weighted by molar-refractivity contribution is -0.138. The Balaban J connectivity index is 1.39. The van der Waals surface area contributed by atoms with E-state index >= 15 is 0 Å². The number of carbonyl (C=O) groups excluding carboxylic acids is 1. The number of nitrogens with zero attached hydrogens (tertiary/aromatic N) is 2. The van der Waals surface area contributed by atoms with Crippen LogP contribution in [0.2, 0.25) is 0 Å². The average molecular weight is 472 g/mol. The van der Waals surface area contributed by atoms with Crippen LogP contribution in [0, 0.1) is 0 Å². The minimum atomic E-state index is -1.07. The third-order valence-electron chi connectivity index (χ3n) is 5.46. The molecule has 0 bridgehead atoms. The second-order valence-electron chi connectivity index (χ2n) is 8.05. The third-order valence-corrected chi connectivity index (χ3v) is 6.42. The molecule has 34 heavy (non-hydrogen) atoms. The van der Waals surface area contributed by atoms with E-state index in [4.69, 9.17) is 10.1 Å². The Morgan fingerprint density at radius 2 is 1.56 bits per heavy atom. The van der Waals surface area contributed by atoms with Crippen molar-refractivity contribution in [2.24, 2.45) is 0 Å². The Labute approximate surface area is 202 Å². The number of carboxylic acids is 1. The topological polar surface area (TPSA) is 82.5 Å². The molecule has 4 rings (SSSR count). The predicted octanol–water partition coefficient (Wildman–Crippen LogP) is 5.32. The van der Waals surface area contributed by atoms with E-state index < -0.39 is 17.9 Å².